The van der Waals surface area contributed by atoms with Gasteiger partial charge in [-0.1, -0.05) is 18.9 Å². The number of aliphatic hydroxyl groups is 1. The largest absolute Gasteiger partial charge is 0.383 e. The van der Waals surface area contributed by atoms with Crippen molar-refractivity contribution in [1.29, 1.82) is 0 Å². The van der Waals surface area contributed by atoms with E-state index in [0.717, 1.165) is 18.0 Å². The van der Waals surface area contributed by atoms with Gasteiger partial charge in [0.05, 0.1) is 5.69 Å². The van der Waals surface area contributed by atoms with Gasteiger partial charge >= 0.3 is 0 Å². The fourth-order valence-electron chi connectivity index (χ4n) is 3.54. The lowest BCUT2D eigenvalue weighted by Crippen LogP contribution is -2.31. The van der Waals surface area contributed by atoms with Gasteiger partial charge in [0, 0.05) is 6.20 Å². The molecule has 80 valence electrons. The van der Waals surface area contributed by atoms with E-state index in [-0.39, 0.29) is 0 Å². The van der Waals surface area contributed by atoms with Crippen LogP contribution in [0.3, 0.4) is 0 Å². The van der Waals surface area contributed by atoms with Crippen LogP contribution in [0.15, 0.2) is 24.4 Å². The van der Waals surface area contributed by atoms with Gasteiger partial charge < -0.3 is 5.11 Å². The van der Waals surface area contributed by atoms with E-state index in [1.165, 1.54) is 25.7 Å². The minimum atomic E-state index is -0.623. The van der Waals surface area contributed by atoms with Crippen LogP contribution in [-0.2, 0) is 5.60 Å². The molecule has 0 bridgehead atoms. The van der Waals surface area contributed by atoms with Gasteiger partial charge in [0.1, 0.15) is 5.60 Å². The SMILES string of the molecule is O[C@]1(c2ccccn2)CC[C@@H]2CCC[C@H]21. The van der Waals surface area contributed by atoms with E-state index in [9.17, 15) is 5.11 Å². The maximum Gasteiger partial charge on any atom is 0.110 e. The molecule has 0 aromatic carbocycles. The zero-order valence-corrected chi connectivity index (χ0v) is 8.89. The molecule has 0 aliphatic heterocycles. The first kappa shape index (κ1) is 9.34. The van der Waals surface area contributed by atoms with E-state index >= 15 is 0 Å². The van der Waals surface area contributed by atoms with Crippen molar-refractivity contribution in [2.45, 2.75) is 37.7 Å². The standard InChI is InChI=1S/C13H17NO/c15-13(12-6-1-2-9-14-12)8-7-10-4-3-5-11(10)13/h1-2,6,9-11,15H,3-5,7-8H2/t10-,11+,13+/m0/s1. The van der Waals surface area contributed by atoms with Crippen LogP contribution in [0.1, 0.15) is 37.8 Å². The third-order valence-electron chi connectivity index (χ3n) is 4.28. The molecule has 3 rings (SSSR count). The lowest BCUT2D eigenvalue weighted by Gasteiger charge is -2.29. The summed E-state index contributed by atoms with van der Waals surface area (Å²) in [4.78, 5) is 4.34. The van der Waals surface area contributed by atoms with Crippen LogP contribution in [0.2, 0.25) is 0 Å². The molecule has 2 aliphatic rings. The molecule has 2 fully saturated rings. The average molecular weight is 203 g/mol. The molecule has 1 aromatic heterocycles. The Kier molecular flexibility index (Phi) is 2.06. The van der Waals surface area contributed by atoms with E-state index < -0.39 is 5.60 Å². The Hall–Kier alpha value is -0.890. The second kappa shape index (κ2) is 3.31. The van der Waals surface area contributed by atoms with Gasteiger partial charge in [0.25, 0.3) is 0 Å². The number of hydrogen-bond donors (Lipinski definition) is 1. The summed E-state index contributed by atoms with van der Waals surface area (Å²) in [6.07, 6.45) is 7.63. The van der Waals surface area contributed by atoms with E-state index in [4.69, 9.17) is 0 Å². The van der Waals surface area contributed by atoms with Gasteiger partial charge in [-0.2, -0.15) is 0 Å². The van der Waals surface area contributed by atoms with Crippen LogP contribution in [0, 0.1) is 11.8 Å². The van der Waals surface area contributed by atoms with Gasteiger partial charge in [0.15, 0.2) is 0 Å². The molecule has 15 heavy (non-hydrogen) atoms. The summed E-state index contributed by atoms with van der Waals surface area (Å²) in [7, 11) is 0. The number of rotatable bonds is 1. The van der Waals surface area contributed by atoms with Crippen molar-refractivity contribution in [2.75, 3.05) is 0 Å². The van der Waals surface area contributed by atoms with Crippen molar-refractivity contribution in [3.05, 3.63) is 30.1 Å². The Morgan fingerprint density at radius 3 is 3.00 bits per heavy atom. The summed E-state index contributed by atoms with van der Waals surface area (Å²) in [5.41, 5.74) is 0.266. The number of hydrogen-bond acceptors (Lipinski definition) is 2. The van der Waals surface area contributed by atoms with Crippen molar-refractivity contribution in [3.8, 4) is 0 Å². The maximum atomic E-state index is 10.8. The van der Waals surface area contributed by atoms with Crippen molar-refractivity contribution in [1.82, 2.24) is 4.98 Å². The first-order valence-corrected chi connectivity index (χ1v) is 5.94. The highest BCUT2D eigenvalue weighted by molar-refractivity contribution is 5.18. The highest BCUT2D eigenvalue weighted by Gasteiger charge is 2.50. The van der Waals surface area contributed by atoms with E-state index in [1.54, 1.807) is 6.20 Å². The van der Waals surface area contributed by atoms with Crippen molar-refractivity contribution in [3.63, 3.8) is 0 Å². The first-order chi connectivity index (χ1) is 7.31. The third-order valence-corrected chi connectivity index (χ3v) is 4.28. The molecule has 0 unspecified atom stereocenters. The predicted molar refractivity (Wildman–Crippen MR) is 58.2 cm³/mol. The fourth-order valence-corrected chi connectivity index (χ4v) is 3.54. The Labute approximate surface area is 90.4 Å². The smallest absolute Gasteiger partial charge is 0.110 e. The van der Waals surface area contributed by atoms with Crippen LogP contribution in [0.25, 0.3) is 0 Å². The zero-order valence-electron chi connectivity index (χ0n) is 8.89. The predicted octanol–water partition coefficient (Wildman–Crippen LogP) is 2.48. The molecule has 3 atom stereocenters. The van der Waals surface area contributed by atoms with Crippen LogP contribution in [-0.4, -0.2) is 10.1 Å². The first-order valence-electron chi connectivity index (χ1n) is 5.94. The molecule has 2 aliphatic carbocycles. The lowest BCUT2D eigenvalue weighted by molar-refractivity contribution is -0.0110. The number of fused-ring (bicyclic) bond motifs is 1. The highest BCUT2D eigenvalue weighted by atomic mass is 16.3. The summed E-state index contributed by atoms with van der Waals surface area (Å²) in [5, 5.41) is 10.8. The molecule has 0 spiro atoms. The van der Waals surface area contributed by atoms with Crippen LogP contribution < -0.4 is 0 Å². The van der Waals surface area contributed by atoms with Gasteiger partial charge in [-0.3, -0.25) is 4.98 Å². The summed E-state index contributed by atoms with van der Waals surface area (Å²) in [6, 6.07) is 5.86. The van der Waals surface area contributed by atoms with Crippen molar-refractivity contribution in [2.24, 2.45) is 11.8 Å². The van der Waals surface area contributed by atoms with Gasteiger partial charge in [-0.05, 0) is 43.2 Å². The van der Waals surface area contributed by atoms with Gasteiger partial charge in [-0.25, -0.2) is 0 Å². The molecular weight excluding hydrogens is 186 g/mol. The van der Waals surface area contributed by atoms with Crippen molar-refractivity contribution < 1.29 is 5.11 Å². The molecule has 1 aromatic rings. The second-order valence-electron chi connectivity index (χ2n) is 4.98. The molecule has 0 radical (unpaired) electrons. The monoisotopic (exact) mass is 203 g/mol. The normalized spacial score (nSPS) is 39.3. The Bertz CT molecular complexity index is 351. The average Bonchev–Trinajstić information content (AvgIpc) is 2.85. The quantitative estimate of drug-likeness (QED) is 0.760. The van der Waals surface area contributed by atoms with Gasteiger partial charge in [-0.15, -0.1) is 0 Å². The molecule has 0 amide bonds. The second-order valence-corrected chi connectivity index (χ2v) is 4.98. The van der Waals surface area contributed by atoms with E-state index in [0.29, 0.717) is 5.92 Å². The summed E-state index contributed by atoms with van der Waals surface area (Å²) < 4.78 is 0. The minimum absolute atomic E-state index is 0.465. The Morgan fingerprint density at radius 1 is 1.27 bits per heavy atom. The molecule has 2 saturated carbocycles. The molecular formula is C13H17NO. The van der Waals surface area contributed by atoms with Crippen LogP contribution in [0.4, 0.5) is 0 Å². The van der Waals surface area contributed by atoms with Gasteiger partial charge in [0.2, 0.25) is 0 Å². The number of aromatic nitrogens is 1. The lowest BCUT2D eigenvalue weighted by atomic mass is 9.85. The molecule has 2 nitrogen and oxygen atoms in total. The van der Waals surface area contributed by atoms with Crippen LogP contribution in [0.5, 0.6) is 0 Å². The fraction of sp³-hybridized carbons (Fsp3) is 0.615. The van der Waals surface area contributed by atoms with Crippen molar-refractivity contribution >= 4 is 0 Å². The maximum absolute atomic E-state index is 10.8. The Balaban J connectivity index is 1.97. The topological polar surface area (TPSA) is 33.1 Å². The molecule has 1 heterocycles. The Morgan fingerprint density at radius 2 is 2.20 bits per heavy atom. The molecule has 0 saturated heterocycles. The third kappa shape index (κ3) is 1.31. The summed E-state index contributed by atoms with van der Waals surface area (Å²) in [5.74, 6) is 1.21. The molecule has 2 heteroatoms. The van der Waals surface area contributed by atoms with E-state index in [2.05, 4.69) is 4.98 Å². The number of nitrogens with zero attached hydrogens (tertiary/aromatic N) is 1. The minimum Gasteiger partial charge on any atom is -0.383 e. The summed E-state index contributed by atoms with van der Waals surface area (Å²) in [6.45, 7) is 0. The summed E-state index contributed by atoms with van der Waals surface area (Å²) >= 11 is 0. The highest BCUT2D eigenvalue weighted by Crippen LogP contribution is 2.53. The van der Waals surface area contributed by atoms with Crippen LogP contribution >= 0.6 is 0 Å². The molecule has 1 N–H and O–H groups in total. The number of pyridine rings is 1. The van der Waals surface area contributed by atoms with E-state index in [1.807, 2.05) is 18.2 Å². The zero-order chi connectivity index (χ0) is 10.3.